The van der Waals surface area contributed by atoms with E-state index >= 15 is 0 Å². The highest BCUT2D eigenvalue weighted by atomic mass is 16.8. The van der Waals surface area contributed by atoms with Crippen LogP contribution < -0.4 is 14.9 Å². The average Bonchev–Trinajstić information content (AvgIpc) is 3.11. The molecule has 2 aliphatic heterocycles. The first-order chi connectivity index (χ1) is 24.6. The van der Waals surface area contributed by atoms with Gasteiger partial charge < -0.3 is 84.3 Å². The minimum Gasteiger partial charge on any atom is -0.508 e. The molecule has 2 saturated heterocycles. The van der Waals surface area contributed by atoms with Crippen molar-refractivity contribution in [2.24, 2.45) is 5.92 Å². The number of ether oxygens (including phenoxy) is 5. The highest BCUT2D eigenvalue weighted by molar-refractivity contribution is 5.88. The van der Waals surface area contributed by atoms with Crippen LogP contribution in [0.15, 0.2) is 45.6 Å². The number of phenols is 2. The lowest BCUT2D eigenvalue weighted by atomic mass is 9.82. The summed E-state index contributed by atoms with van der Waals surface area (Å²) >= 11 is 0. The smallest absolute Gasteiger partial charge is 0.239 e. The maximum Gasteiger partial charge on any atom is 0.239 e. The number of aliphatic hydroxyl groups is 9. The van der Waals surface area contributed by atoms with Gasteiger partial charge in [0.25, 0.3) is 0 Å². The van der Waals surface area contributed by atoms with Crippen LogP contribution in [-0.2, 0) is 14.2 Å². The van der Waals surface area contributed by atoms with E-state index in [1.807, 2.05) is 0 Å². The second-order valence-corrected chi connectivity index (χ2v) is 13.4. The Balaban J connectivity index is 1.37. The molecule has 0 amide bonds. The summed E-state index contributed by atoms with van der Waals surface area (Å²) < 4.78 is 34.9. The summed E-state index contributed by atoms with van der Waals surface area (Å²) in [7, 11) is 0. The molecule has 3 heterocycles. The summed E-state index contributed by atoms with van der Waals surface area (Å²) in [5.41, 5.74) is -0.913. The molecule has 18 nitrogen and oxygen atoms in total. The molecule has 3 fully saturated rings. The number of rotatable bonds is 8. The molecule has 286 valence electrons. The molecule has 3 aromatic rings. The lowest BCUT2D eigenvalue weighted by Crippen LogP contribution is -2.64. The van der Waals surface area contributed by atoms with Gasteiger partial charge in [-0.15, -0.1) is 0 Å². The number of benzene rings is 2. The summed E-state index contributed by atoms with van der Waals surface area (Å²) in [6.45, 7) is 2.28. The number of aliphatic hydroxyl groups excluding tert-OH is 9. The van der Waals surface area contributed by atoms with Gasteiger partial charge in [-0.25, -0.2) is 0 Å². The second-order valence-electron chi connectivity index (χ2n) is 13.4. The second kappa shape index (κ2) is 15.0. The topological polar surface area (TPSA) is 299 Å². The summed E-state index contributed by atoms with van der Waals surface area (Å²) in [6.07, 6.45) is -21.7. The monoisotopic (exact) mass is 738 g/mol. The molecule has 18 heteroatoms. The first-order valence-corrected chi connectivity index (χ1v) is 16.6. The van der Waals surface area contributed by atoms with Crippen molar-refractivity contribution < 1.29 is 84.3 Å². The Kier molecular flexibility index (Phi) is 11.0. The molecule has 0 bridgehead atoms. The van der Waals surface area contributed by atoms with Crippen LogP contribution in [0.25, 0.3) is 22.3 Å². The number of aromatic hydroxyl groups is 2. The third kappa shape index (κ3) is 7.05. The van der Waals surface area contributed by atoms with E-state index in [-0.39, 0.29) is 40.2 Å². The number of hydrogen-bond acceptors (Lipinski definition) is 18. The van der Waals surface area contributed by atoms with E-state index in [0.717, 1.165) is 6.07 Å². The standard InChI is InChI=1S/C34H42O18/c1-11-7-18(23(40)26(43)21(11)38)50-31-25(42)20-16(37)8-15(9-17(20)49-30(31)13-3-5-14(36)6-4-13)48-34-32(28(45)22(39)12(2)47-34)52-33-29(46)27(44)24(41)19(10-35)51-33/h3-6,8-9,11-12,18-19,21-24,26-29,32-41,43-46H,7,10H2,1-2H3. The van der Waals surface area contributed by atoms with Crippen molar-refractivity contribution in [2.45, 2.75) is 106 Å². The van der Waals surface area contributed by atoms with Crippen LogP contribution in [0.3, 0.4) is 0 Å². The van der Waals surface area contributed by atoms with Crippen molar-refractivity contribution in [3.8, 4) is 34.3 Å². The Morgan fingerprint density at radius 3 is 2.10 bits per heavy atom. The van der Waals surface area contributed by atoms with E-state index in [1.54, 1.807) is 6.92 Å². The maximum absolute atomic E-state index is 14.0. The van der Waals surface area contributed by atoms with Gasteiger partial charge in [0.1, 0.15) is 83.2 Å². The van der Waals surface area contributed by atoms with E-state index in [1.165, 1.54) is 37.3 Å². The zero-order valence-electron chi connectivity index (χ0n) is 27.8. The Morgan fingerprint density at radius 1 is 0.750 bits per heavy atom. The van der Waals surface area contributed by atoms with Gasteiger partial charge in [0.2, 0.25) is 17.5 Å². The van der Waals surface area contributed by atoms with Crippen molar-refractivity contribution in [3.63, 3.8) is 0 Å². The normalized spacial score (nSPS) is 38.2. The molecule has 6 rings (SSSR count). The van der Waals surface area contributed by atoms with Crippen molar-refractivity contribution in [3.05, 3.63) is 46.6 Å². The van der Waals surface area contributed by atoms with Gasteiger partial charge >= 0.3 is 0 Å². The van der Waals surface area contributed by atoms with Gasteiger partial charge in [-0.05, 0) is 43.5 Å². The molecule has 15 atom stereocenters. The average molecular weight is 739 g/mol. The van der Waals surface area contributed by atoms with Crippen LogP contribution >= 0.6 is 0 Å². The van der Waals surface area contributed by atoms with Gasteiger partial charge in [0.05, 0.1) is 18.8 Å². The highest BCUT2D eigenvalue weighted by Gasteiger charge is 2.51. The van der Waals surface area contributed by atoms with Crippen LogP contribution in [0.1, 0.15) is 20.3 Å². The lowest BCUT2D eigenvalue weighted by molar-refractivity contribution is -0.355. The molecule has 15 unspecified atom stereocenters. The van der Waals surface area contributed by atoms with E-state index < -0.39 is 115 Å². The Morgan fingerprint density at radius 2 is 1.42 bits per heavy atom. The van der Waals surface area contributed by atoms with Crippen molar-refractivity contribution in [2.75, 3.05) is 6.61 Å². The minimum atomic E-state index is -1.87. The predicted molar refractivity (Wildman–Crippen MR) is 173 cm³/mol. The SMILES string of the molecule is CC1CC(Oc2c(-c3ccc(O)cc3)oc3cc(OC4OC(C)C(O)C(O)C4OC4OC(CO)C(O)C(O)C4O)cc(O)c3c2=O)C(O)C(O)C1O. The Hall–Kier alpha value is -3.63. The molecule has 1 aromatic heterocycles. The fraction of sp³-hybridized carbons (Fsp3) is 0.559. The van der Waals surface area contributed by atoms with Crippen molar-refractivity contribution >= 4 is 11.0 Å². The molecule has 0 radical (unpaired) electrons. The molecular weight excluding hydrogens is 696 g/mol. The fourth-order valence-electron chi connectivity index (χ4n) is 6.62. The molecule has 11 N–H and O–H groups in total. The molecule has 1 saturated carbocycles. The Labute approximate surface area is 294 Å². The van der Waals surface area contributed by atoms with E-state index in [2.05, 4.69) is 0 Å². The summed E-state index contributed by atoms with van der Waals surface area (Å²) in [5, 5.41) is 114. The summed E-state index contributed by atoms with van der Waals surface area (Å²) in [4.78, 5) is 14.0. The molecule has 2 aromatic carbocycles. The van der Waals surface area contributed by atoms with Gasteiger partial charge in [-0.2, -0.15) is 0 Å². The molecule has 1 aliphatic carbocycles. The molecule has 0 spiro atoms. The van der Waals surface area contributed by atoms with E-state index in [9.17, 15) is 61.0 Å². The third-order valence-electron chi connectivity index (χ3n) is 9.75. The Bertz CT molecular complexity index is 1760. The molecule has 52 heavy (non-hydrogen) atoms. The first kappa shape index (κ1) is 38.1. The van der Waals surface area contributed by atoms with Crippen LogP contribution in [-0.4, -0.2) is 149 Å². The maximum atomic E-state index is 14.0. The van der Waals surface area contributed by atoms with Crippen LogP contribution in [0.5, 0.6) is 23.0 Å². The van der Waals surface area contributed by atoms with Crippen LogP contribution in [0.2, 0.25) is 0 Å². The fourth-order valence-corrected chi connectivity index (χ4v) is 6.62. The molecule has 3 aliphatic rings. The zero-order valence-corrected chi connectivity index (χ0v) is 27.8. The molecular formula is C34H42O18. The van der Waals surface area contributed by atoms with Gasteiger partial charge in [0.15, 0.2) is 18.2 Å². The van der Waals surface area contributed by atoms with E-state index in [0.29, 0.717) is 0 Å². The highest BCUT2D eigenvalue weighted by Crippen LogP contribution is 2.39. The third-order valence-corrected chi connectivity index (χ3v) is 9.75. The van der Waals surface area contributed by atoms with Gasteiger partial charge in [0, 0.05) is 17.7 Å². The largest absolute Gasteiger partial charge is 0.508 e. The summed E-state index contributed by atoms with van der Waals surface area (Å²) in [6, 6.07) is 7.66. The van der Waals surface area contributed by atoms with Crippen LogP contribution in [0.4, 0.5) is 0 Å². The van der Waals surface area contributed by atoms with Crippen LogP contribution in [0, 0.1) is 5.92 Å². The van der Waals surface area contributed by atoms with Gasteiger partial charge in [-0.3, -0.25) is 4.79 Å². The quantitative estimate of drug-likeness (QED) is 0.117. The zero-order chi connectivity index (χ0) is 37.8. The minimum absolute atomic E-state index is 0.0391. The predicted octanol–water partition coefficient (Wildman–Crippen LogP) is -2.23. The number of hydrogen-bond donors (Lipinski definition) is 11. The lowest BCUT2D eigenvalue weighted by Gasteiger charge is -2.45. The van der Waals surface area contributed by atoms with Gasteiger partial charge in [-0.1, -0.05) is 6.92 Å². The summed E-state index contributed by atoms with van der Waals surface area (Å²) in [5.74, 6) is -2.16. The number of phenolic OH excluding ortho intramolecular Hbond substituents is 2. The van der Waals surface area contributed by atoms with Crippen molar-refractivity contribution in [1.29, 1.82) is 0 Å². The number of fused-ring (bicyclic) bond motifs is 1. The first-order valence-electron chi connectivity index (χ1n) is 16.6. The van der Waals surface area contributed by atoms with E-state index in [4.69, 9.17) is 28.1 Å². The van der Waals surface area contributed by atoms with Crippen molar-refractivity contribution in [1.82, 2.24) is 0 Å².